The second-order valence-corrected chi connectivity index (χ2v) is 14.5. The van der Waals surface area contributed by atoms with E-state index in [1.807, 2.05) is 41.5 Å². The van der Waals surface area contributed by atoms with Gasteiger partial charge in [-0.05, 0) is 77.0 Å². The Balaban J connectivity index is 1.77. The van der Waals surface area contributed by atoms with E-state index in [-0.39, 0.29) is 39.6 Å². The van der Waals surface area contributed by atoms with Crippen LogP contribution in [0.3, 0.4) is 0 Å². The first kappa shape index (κ1) is 27.6. The fraction of sp³-hybridized carbons (Fsp3) is 0.500. The molecule has 2 saturated carbocycles. The molecule has 0 aromatic heterocycles. The zero-order chi connectivity index (χ0) is 30.0. The summed E-state index contributed by atoms with van der Waals surface area (Å²) >= 11 is 0. The fourth-order valence-electron chi connectivity index (χ4n) is 9.32. The Kier molecular flexibility index (Phi) is 5.54. The number of aromatic hydroxyl groups is 2. The highest BCUT2D eigenvalue weighted by molar-refractivity contribution is 6.53. The van der Waals surface area contributed by atoms with E-state index in [0.29, 0.717) is 29.6 Å². The first-order valence-electron chi connectivity index (χ1n) is 14.5. The van der Waals surface area contributed by atoms with Crippen LogP contribution in [-0.4, -0.2) is 37.8 Å². The van der Waals surface area contributed by atoms with Crippen LogP contribution >= 0.6 is 0 Å². The van der Waals surface area contributed by atoms with E-state index in [4.69, 9.17) is 0 Å². The summed E-state index contributed by atoms with van der Waals surface area (Å²) in [6.07, 6.45) is 5.74. The number of benzene rings is 1. The highest BCUT2D eigenvalue weighted by atomic mass is 16.3. The average Bonchev–Trinajstić information content (AvgIpc) is 2.85. The molecule has 1 aromatic rings. The third kappa shape index (κ3) is 3.41. The van der Waals surface area contributed by atoms with Gasteiger partial charge < -0.3 is 20.4 Å². The van der Waals surface area contributed by atoms with Crippen LogP contribution in [0.1, 0.15) is 91.2 Å². The first-order valence-corrected chi connectivity index (χ1v) is 14.5. The summed E-state index contributed by atoms with van der Waals surface area (Å²) < 4.78 is 0. The highest BCUT2D eigenvalue weighted by Gasteiger charge is 2.58. The molecule has 4 N–H and O–H groups in total. The van der Waals surface area contributed by atoms with Crippen molar-refractivity contribution in [2.75, 3.05) is 0 Å². The summed E-state index contributed by atoms with van der Waals surface area (Å²) in [5.74, 6) is -4.28. The lowest BCUT2D eigenvalue weighted by molar-refractivity contribution is -0.132. The molecule has 5 aliphatic rings. The number of ketones is 3. The van der Waals surface area contributed by atoms with Gasteiger partial charge >= 0.3 is 0 Å². The lowest BCUT2D eigenvalue weighted by Gasteiger charge is -2.54. The SMILES string of the molecule is CC1(C)CCC[C@]2(C)C3=CC(=O)C(=O)/C(=C4/C(=O)[C@H]5C(C)(C)CCC[C@]5(C)c5cc(O)c(O)cc54)C3=C(O)C(O)=C12. The molecule has 0 aliphatic heterocycles. The Morgan fingerprint density at radius 1 is 0.732 bits per heavy atom. The highest BCUT2D eigenvalue weighted by Crippen LogP contribution is 2.63. The van der Waals surface area contributed by atoms with Gasteiger partial charge in [0.1, 0.15) is 0 Å². The molecule has 7 nitrogen and oxygen atoms in total. The molecule has 6 rings (SSSR count). The number of carbonyl (C=O) groups is 3. The van der Waals surface area contributed by atoms with Crippen molar-refractivity contribution in [2.45, 2.75) is 85.5 Å². The Hall–Kier alpha value is -3.61. The molecular formula is C34H38O7. The number of rotatable bonds is 0. The topological polar surface area (TPSA) is 132 Å². The molecule has 0 heterocycles. The number of hydrogen-bond acceptors (Lipinski definition) is 7. The van der Waals surface area contributed by atoms with Crippen molar-refractivity contribution >= 4 is 22.9 Å². The molecule has 0 spiro atoms. The van der Waals surface area contributed by atoms with Crippen LogP contribution < -0.4 is 0 Å². The lowest BCUT2D eigenvalue weighted by Crippen LogP contribution is -2.53. The van der Waals surface area contributed by atoms with Crippen LogP contribution in [0.15, 0.2) is 52.0 Å². The van der Waals surface area contributed by atoms with Crippen LogP contribution in [0.25, 0.3) is 5.57 Å². The van der Waals surface area contributed by atoms with E-state index in [0.717, 1.165) is 25.7 Å². The normalized spacial score (nSPS) is 34.0. The minimum absolute atomic E-state index is 0.00938. The van der Waals surface area contributed by atoms with E-state index in [1.54, 1.807) is 0 Å². The van der Waals surface area contributed by atoms with Crippen LogP contribution in [0.2, 0.25) is 0 Å². The summed E-state index contributed by atoms with van der Waals surface area (Å²) in [5.41, 5.74) is -0.826. The van der Waals surface area contributed by atoms with Gasteiger partial charge in [0.2, 0.25) is 11.6 Å². The Morgan fingerprint density at radius 2 is 1.37 bits per heavy atom. The minimum Gasteiger partial charge on any atom is -0.504 e. The van der Waals surface area contributed by atoms with Crippen molar-refractivity contribution in [2.24, 2.45) is 22.2 Å². The summed E-state index contributed by atoms with van der Waals surface area (Å²) in [6, 6.07) is 2.75. The lowest BCUT2D eigenvalue weighted by atomic mass is 9.48. The Bertz CT molecular complexity index is 1610. The van der Waals surface area contributed by atoms with E-state index in [2.05, 4.69) is 0 Å². The number of phenols is 2. The number of fused-ring (bicyclic) bond motifs is 6. The van der Waals surface area contributed by atoms with Gasteiger partial charge in [-0.15, -0.1) is 0 Å². The molecule has 3 atom stereocenters. The predicted octanol–water partition coefficient (Wildman–Crippen LogP) is 6.45. The second-order valence-electron chi connectivity index (χ2n) is 14.5. The zero-order valence-corrected chi connectivity index (χ0v) is 24.6. The van der Waals surface area contributed by atoms with Gasteiger partial charge in [-0.2, -0.15) is 0 Å². The molecule has 0 saturated heterocycles. The molecule has 0 radical (unpaired) electrons. The largest absolute Gasteiger partial charge is 0.504 e. The third-order valence-corrected chi connectivity index (χ3v) is 10.9. The van der Waals surface area contributed by atoms with Crippen molar-refractivity contribution in [1.29, 1.82) is 0 Å². The average molecular weight is 559 g/mol. The number of allylic oxidation sites excluding steroid dienone is 6. The molecule has 0 unspecified atom stereocenters. The van der Waals surface area contributed by atoms with Gasteiger partial charge in [-0.3, -0.25) is 14.4 Å². The maximum absolute atomic E-state index is 14.8. The zero-order valence-electron chi connectivity index (χ0n) is 24.6. The van der Waals surface area contributed by atoms with Crippen molar-refractivity contribution in [3.05, 3.63) is 63.1 Å². The van der Waals surface area contributed by atoms with Gasteiger partial charge in [0.05, 0.1) is 0 Å². The molecule has 1 aromatic carbocycles. The van der Waals surface area contributed by atoms with Crippen LogP contribution in [0, 0.1) is 22.2 Å². The fourth-order valence-corrected chi connectivity index (χ4v) is 9.32. The third-order valence-electron chi connectivity index (χ3n) is 10.9. The standard InChI is InChI=1S/C34H38O7/c1-31(2)9-7-11-33(5)17-14-20(36)19(35)13-16(17)22(27(40)29(31)33)24-23-18(15-21(37)25(24)38)34(6)12-8-10-32(3,4)30(34)28(41)26(23)39/h13-15,29,35-36,39,41H,7-12H2,1-6H3/b24-22+/t29-,33+,34+/m0/s1. The maximum atomic E-state index is 14.8. The number of hydrogen-bond donors (Lipinski definition) is 4. The number of aliphatic hydroxyl groups is 2. The summed E-state index contributed by atoms with van der Waals surface area (Å²) in [4.78, 5) is 42.1. The predicted molar refractivity (Wildman–Crippen MR) is 153 cm³/mol. The Morgan fingerprint density at radius 3 is 2.05 bits per heavy atom. The maximum Gasteiger partial charge on any atom is 0.234 e. The molecule has 0 bridgehead atoms. The second kappa shape index (κ2) is 8.24. The van der Waals surface area contributed by atoms with Gasteiger partial charge in [-0.25, -0.2) is 0 Å². The van der Waals surface area contributed by atoms with Gasteiger partial charge in [0.25, 0.3) is 0 Å². The van der Waals surface area contributed by atoms with Crippen molar-refractivity contribution in [3.63, 3.8) is 0 Å². The van der Waals surface area contributed by atoms with Crippen molar-refractivity contribution in [1.82, 2.24) is 0 Å². The monoisotopic (exact) mass is 558 g/mol. The van der Waals surface area contributed by atoms with Gasteiger partial charge in [0.15, 0.2) is 28.8 Å². The van der Waals surface area contributed by atoms with Crippen molar-refractivity contribution in [3.8, 4) is 11.5 Å². The molecule has 0 amide bonds. The Labute approximate surface area is 240 Å². The number of phenolic OH excluding ortho intramolecular Hbond substituents is 2. The first-order chi connectivity index (χ1) is 19.0. The van der Waals surface area contributed by atoms with E-state index < -0.39 is 50.7 Å². The van der Waals surface area contributed by atoms with E-state index in [9.17, 15) is 34.8 Å². The van der Waals surface area contributed by atoms with Gasteiger partial charge in [0, 0.05) is 33.5 Å². The van der Waals surface area contributed by atoms with E-state index >= 15 is 0 Å². The molecule has 5 aliphatic carbocycles. The summed E-state index contributed by atoms with van der Waals surface area (Å²) in [6.45, 7) is 11.9. The number of carbonyl (C=O) groups excluding carboxylic acids is 3. The van der Waals surface area contributed by atoms with Gasteiger partial charge in [-0.1, -0.05) is 54.4 Å². The molecule has 2 fully saturated rings. The molecule has 7 heteroatoms. The van der Waals surface area contributed by atoms with Crippen LogP contribution in [0.5, 0.6) is 11.5 Å². The summed E-state index contributed by atoms with van der Waals surface area (Å²) in [7, 11) is 0. The van der Waals surface area contributed by atoms with E-state index in [1.165, 1.54) is 18.2 Å². The molecule has 216 valence electrons. The van der Waals surface area contributed by atoms with Crippen LogP contribution in [-0.2, 0) is 19.8 Å². The van der Waals surface area contributed by atoms with Crippen LogP contribution in [0.4, 0.5) is 0 Å². The molecular weight excluding hydrogens is 520 g/mol. The molecule has 41 heavy (non-hydrogen) atoms. The quantitative estimate of drug-likeness (QED) is 0.163. The smallest absolute Gasteiger partial charge is 0.234 e. The minimum atomic E-state index is -0.940. The number of aliphatic hydroxyl groups excluding tert-OH is 2. The number of Topliss-reactive ketones (excluding diaryl/α,β-unsaturated/α-hetero) is 2. The summed E-state index contributed by atoms with van der Waals surface area (Å²) in [5, 5.41) is 44.3. The van der Waals surface area contributed by atoms with Crippen molar-refractivity contribution < 1.29 is 34.8 Å².